The number of nitrogens with zero attached hydrogens (tertiary/aromatic N) is 1. The molecule has 0 radical (unpaired) electrons. The standard InChI is InChI=1S/C25H32Cl2N2O3/c1-5-6-14-28-25(31)18(4)29(15-21-22(26)8-7-9-23(21)27)24(30)16-32-20-12-10-19(11-13-20)17(2)3/h7-13,17-18H,5-6,14-16H2,1-4H3,(H,28,31)/t18-/m1/s1. The minimum absolute atomic E-state index is 0.106. The van der Waals surface area contributed by atoms with Crippen LogP contribution in [0, 0.1) is 0 Å². The van der Waals surface area contributed by atoms with Crippen LogP contribution in [0.15, 0.2) is 42.5 Å². The Morgan fingerprint density at radius 3 is 2.22 bits per heavy atom. The fourth-order valence-electron chi connectivity index (χ4n) is 3.15. The number of unbranched alkanes of at least 4 members (excludes halogenated alkanes) is 1. The normalized spacial score (nSPS) is 11.8. The lowest BCUT2D eigenvalue weighted by molar-refractivity contribution is -0.142. The number of hydrogen-bond donors (Lipinski definition) is 1. The van der Waals surface area contributed by atoms with E-state index in [0.29, 0.717) is 33.8 Å². The predicted octanol–water partition coefficient (Wildman–Crippen LogP) is 5.83. The van der Waals surface area contributed by atoms with Gasteiger partial charge in [-0.05, 0) is 49.1 Å². The lowest BCUT2D eigenvalue weighted by Crippen LogP contribution is -2.49. The van der Waals surface area contributed by atoms with Crippen LogP contribution in [0.4, 0.5) is 0 Å². The summed E-state index contributed by atoms with van der Waals surface area (Å²) in [6, 6.07) is 12.1. The summed E-state index contributed by atoms with van der Waals surface area (Å²) in [4.78, 5) is 27.3. The highest BCUT2D eigenvalue weighted by atomic mass is 35.5. The molecule has 2 amide bonds. The highest BCUT2D eigenvalue weighted by Gasteiger charge is 2.27. The average molecular weight is 479 g/mol. The number of amides is 2. The first kappa shape index (κ1) is 26.0. The average Bonchev–Trinajstić information content (AvgIpc) is 2.77. The predicted molar refractivity (Wildman–Crippen MR) is 130 cm³/mol. The first-order valence-corrected chi connectivity index (χ1v) is 11.7. The molecule has 32 heavy (non-hydrogen) atoms. The van der Waals surface area contributed by atoms with E-state index in [0.717, 1.165) is 12.8 Å². The van der Waals surface area contributed by atoms with Crippen LogP contribution in [0.2, 0.25) is 10.0 Å². The van der Waals surface area contributed by atoms with E-state index >= 15 is 0 Å². The van der Waals surface area contributed by atoms with Gasteiger partial charge < -0.3 is 15.0 Å². The maximum Gasteiger partial charge on any atom is 0.261 e. The van der Waals surface area contributed by atoms with E-state index in [9.17, 15) is 9.59 Å². The van der Waals surface area contributed by atoms with Gasteiger partial charge in [-0.2, -0.15) is 0 Å². The van der Waals surface area contributed by atoms with Crippen molar-refractivity contribution in [2.75, 3.05) is 13.2 Å². The number of rotatable bonds is 11. The maximum absolute atomic E-state index is 13.1. The molecule has 0 bridgehead atoms. The molecule has 174 valence electrons. The lowest BCUT2D eigenvalue weighted by atomic mass is 10.0. The molecule has 0 aliphatic carbocycles. The summed E-state index contributed by atoms with van der Waals surface area (Å²) in [6.07, 6.45) is 1.84. The Morgan fingerprint density at radius 1 is 1.03 bits per heavy atom. The van der Waals surface area contributed by atoms with Crippen LogP contribution in [0.5, 0.6) is 5.75 Å². The molecule has 0 fully saturated rings. The molecule has 0 saturated carbocycles. The first-order valence-electron chi connectivity index (χ1n) is 11.0. The van der Waals surface area contributed by atoms with Crippen molar-refractivity contribution in [3.05, 3.63) is 63.6 Å². The van der Waals surface area contributed by atoms with E-state index in [1.54, 1.807) is 25.1 Å². The van der Waals surface area contributed by atoms with Crippen molar-refractivity contribution in [1.82, 2.24) is 10.2 Å². The Morgan fingerprint density at radius 2 is 1.66 bits per heavy atom. The monoisotopic (exact) mass is 478 g/mol. The van der Waals surface area contributed by atoms with Gasteiger partial charge in [0.05, 0.1) is 0 Å². The van der Waals surface area contributed by atoms with E-state index < -0.39 is 6.04 Å². The highest BCUT2D eigenvalue weighted by molar-refractivity contribution is 6.36. The van der Waals surface area contributed by atoms with Crippen LogP contribution >= 0.6 is 23.2 Å². The van der Waals surface area contributed by atoms with Crippen molar-refractivity contribution in [3.8, 4) is 5.75 Å². The minimum atomic E-state index is -0.710. The van der Waals surface area contributed by atoms with Crippen molar-refractivity contribution in [2.24, 2.45) is 0 Å². The third-order valence-electron chi connectivity index (χ3n) is 5.30. The number of halogens is 2. The summed E-state index contributed by atoms with van der Waals surface area (Å²) in [7, 11) is 0. The van der Waals surface area contributed by atoms with Gasteiger partial charge in [-0.15, -0.1) is 0 Å². The molecular formula is C25H32Cl2N2O3. The topological polar surface area (TPSA) is 58.6 Å². The van der Waals surface area contributed by atoms with Gasteiger partial charge in [0.1, 0.15) is 11.8 Å². The van der Waals surface area contributed by atoms with Crippen LogP contribution in [-0.2, 0) is 16.1 Å². The number of carbonyl (C=O) groups is 2. The lowest BCUT2D eigenvalue weighted by Gasteiger charge is -2.29. The molecule has 2 aromatic carbocycles. The van der Waals surface area contributed by atoms with Gasteiger partial charge >= 0.3 is 0 Å². The Hall–Kier alpha value is -2.24. The molecule has 1 N–H and O–H groups in total. The summed E-state index contributed by atoms with van der Waals surface area (Å²) in [5.74, 6) is 0.454. The zero-order chi connectivity index (χ0) is 23.7. The second-order valence-electron chi connectivity index (χ2n) is 8.05. The third kappa shape index (κ3) is 7.42. The smallest absolute Gasteiger partial charge is 0.261 e. The van der Waals surface area contributed by atoms with E-state index in [4.69, 9.17) is 27.9 Å². The molecule has 1 atom stereocenters. The molecule has 0 saturated heterocycles. The molecule has 5 nitrogen and oxygen atoms in total. The van der Waals surface area contributed by atoms with Gasteiger partial charge in [-0.3, -0.25) is 9.59 Å². The molecule has 0 unspecified atom stereocenters. The van der Waals surface area contributed by atoms with Crippen LogP contribution in [0.3, 0.4) is 0 Å². The SMILES string of the molecule is CCCCNC(=O)[C@@H](C)N(Cc1c(Cl)cccc1Cl)C(=O)COc1ccc(C(C)C)cc1. The maximum atomic E-state index is 13.1. The zero-order valence-electron chi connectivity index (χ0n) is 19.2. The van der Waals surface area contributed by atoms with Gasteiger partial charge in [0, 0.05) is 28.7 Å². The molecule has 0 aliphatic rings. The summed E-state index contributed by atoms with van der Waals surface area (Å²) in [6.45, 7) is 8.45. The van der Waals surface area contributed by atoms with Gasteiger partial charge in [-0.25, -0.2) is 0 Å². The van der Waals surface area contributed by atoms with E-state index in [-0.39, 0.29) is 25.0 Å². The molecule has 0 spiro atoms. The number of ether oxygens (including phenoxy) is 1. The van der Waals surface area contributed by atoms with Crippen molar-refractivity contribution in [3.63, 3.8) is 0 Å². The fourth-order valence-corrected chi connectivity index (χ4v) is 3.67. The Kier molecular flexibility index (Phi) is 10.3. The number of carbonyl (C=O) groups excluding carboxylic acids is 2. The largest absolute Gasteiger partial charge is 0.484 e. The van der Waals surface area contributed by atoms with Gasteiger partial charge in [0.25, 0.3) is 5.91 Å². The second-order valence-corrected chi connectivity index (χ2v) is 8.87. The second kappa shape index (κ2) is 12.7. The Balaban J connectivity index is 2.16. The van der Waals surface area contributed by atoms with E-state index in [1.807, 2.05) is 24.3 Å². The third-order valence-corrected chi connectivity index (χ3v) is 6.00. The number of benzene rings is 2. The highest BCUT2D eigenvalue weighted by Crippen LogP contribution is 2.27. The molecule has 2 rings (SSSR count). The molecule has 0 aliphatic heterocycles. The van der Waals surface area contributed by atoms with Gasteiger partial charge in [0.2, 0.25) is 5.91 Å². The van der Waals surface area contributed by atoms with Crippen LogP contribution in [-0.4, -0.2) is 35.9 Å². The van der Waals surface area contributed by atoms with E-state index in [2.05, 4.69) is 26.1 Å². The van der Waals surface area contributed by atoms with Crippen LogP contribution in [0.25, 0.3) is 0 Å². The number of hydrogen-bond acceptors (Lipinski definition) is 3. The first-order chi connectivity index (χ1) is 15.2. The Labute approximate surface area is 201 Å². The van der Waals surface area contributed by atoms with Crippen molar-refractivity contribution in [1.29, 1.82) is 0 Å². The summed E-state index contributed by atoms with van der Waals surface area (Å²) in [5.41, 5.74) is 1.79. The quantitative estimate of drug-likeness (QED) is 0.413. The summed E-state index contributed by atoms with van der Waals surface area (Å²) >= 11 is 12.6. The molecule has 7 heteroatoms. The number of nitrogens with one attached hydrogen (secondary N) is 1. The van der Waals surface area contributed by atoms with Crippen LogP contribution in [0.1, 0.15) is 57.6 Å². The Bertz CT molecular complexity index is 880. The van der Waals surface area contributed by atoms with Crippen molar-refractivity contribution in [2.45, 2.75) is 59.0 Å². The van der Waals surface area contributed by atoms with Crippen LogP contribution < -0.4 is 10.1 Å². The van der Waals surface area contributed by atoms with Crippen molar-refractivity contribution >= 4 is 35.0 Å². The fraction of sp³-hybridized carbons (Fsp3) is 0.440. The molecule has 0 aromatic heterocycles. The molecular weight excluding hydrogens is 447 g/mol. The van der Waals surface area contributed by atoms with Gasteiger partial charge in [-0.1, -0.05) is 68.6 Å². The van der Waals surface area contributed by atoms with E-state index in [1.165, 1.54) is 10.5 Å². The summed E-state index contributed by atoms with van der Waals surface area (Å²) < 4.78 is 5.72. The molecule has 0 heterocycles. The molecule has 2 aromatic rings. The van der Waals surface area contributed by atoms with Crippen molar-refractivity contribution < 1.29 is 14.3 Å². The zero-order valence-corrected chi connectivity index (χ0v) is 20.7. The summed E-state index contributed by atoms with van der Waals surface area (Å²) in [5, 5.41) is 3.77. The van der Waals surface area contributed by atoms with Gasteiger partial charge in [0.15, 0.2) is 6.61 Å². The minimum Gasteiger partial charge on any atom is -0.484 e.